The van der Waals surface area contributed by atoms with Gasteiger partial charge in [-0.2, -0.15) is 5.10 Å². The Kier molecular flexibility index (Phi) is 3.79. The highest BCUT2D eigenvalue weighted by Gasteiger charge is 2.13. The quantitative estimate of drug-likeness (QED) is 0.829. The van der Waals surface area contributed by atoms with Crippen molar-refractivity contribution in [1.29, 1.82) is 0 Å². The van der Waals surface area contributed by atoms with Crippen LogP contribution in [0.25, 0.3) is 11.3 Å². The number of nitrogens with two attached hydrogens (primary N) is 1. The first-order chi connectivity index (χ1) is 8.54. The van der Waals surface area contributed by atoms with Crippen LogP contribution in [0.15, 0.2) is 12.1 Å². The van der Waals surface area contributed by atoms with Crippen LogP contribution in [-0.4, -0.2) is 16.8 Å². The van der Waals surface area contributed by atoms with Crippen molar-refractivity contribution in [3.63, 3.8) is 0 Å². The lowest BCUT2D eigenvalue weighted by molar-refractivity contribution is 0.335. The van der Waals surface area contributed by atoms with Crippen LogP contribution >= 0.6 is 22.6 Å². The molecule has 0 aliphatic carbocycles. The molecule has 0 atom stereocenters. The molecule has 3 N–H and O–H groups in total. The number of ether oxygens (including phenoxy) is 1. The van der Waals surface area contributed by atoms with Crippen LogP contribution in [0.5, 0.6) is 5.75 Å². The fourth-order valence-electron chi connectivity index (χ4n) is 2.00. The predicted octanol–water partition coefficient (Wildman–Crippen LogP) is 3.28. The summed E-state index contributed by atoms with van der Waals surface area (Å²) in [5.41, 5.74) is 10.0. The van der Waals surface area contributed by atoms with Crippen molar-refractivity contribution >= 4 is 28.4 Å². The first kappa shape index (κ1) is 13.2. The summed E-state index contributed by atoms with van der Waals surface area (Å²) in [7, 11) is 0. The minimum atomic E-state index is 0.537. The number of aryl methyl sites for hydroxylation is 2. The van der Waals surface area contributed by atoms with E-state index in [1.165, 1.54) is 0 Å². The lowest BCUT2D eigenvalue weighted by Crippen LogP contribution is -1.97. The molecule has 1 heterocycles. The number of rotatable bonds is 3. The molecule has 0 radical (unpaired) electrons. The Morgan fingerprint density at radius 2 is 1.94 bits per heavy atom. The van der Waals surface area contributed by atoms with E-state index in [0.717, 1.165) is 31.7 Å². The number of nitrogen functional groups attached to an aromatic ring is 1. The zero-order chi connectivity index (χ0) is 13.3. The Balaban J connectivity index is 2.51. The van der Waals surface area contributed by atoms with Crippen molar-refractivity contribution in [2.24, 2.45) is 0 Å². The number of aromatic nitrogens is 2. The summed E-state index contributed by atoms with van der Waals surface area (Å²) >= 11 is 2.20. The Morgan fingerprint density at radius 1 is 1.33 bits per heavy atom. The third-order valence-corrected chi connectivity index (χ3v) is 3.86. The molecule has 0 amide bonds. The van der Waals surface area contributed by atoms with Crippen molar-refractivity contribution in [3.05, 3.63) is 26.8 Å². The number of nitrogens with one attached hydrogen (secondary N) is 1. The molecule has 96 valence electrons. The predicted molar refractivity (Wildman–Crippen MR) is 81.8 cm³/mol. The van der Waals surface area contributed by atoms with Crippen LogP contribution in [0.3, 0.4) is 0 Å². The smallest absolute Gasteiger partial charge is 0.159 e. The third-order valence-electron chi connectivity index (χ3n) is 2.77. The van der Waals surface area contributed by atoms with E-state index in [0.29, 0.717) is 12.4 Å². The molecular formula is C13H16IN3O. The molecule has 2 aromatic rings. The van der Waals surface area contributed by atoms with E-state index in [1.807, 2.05) is 20.8 Å². The van der Waals surface area contributed by atoms with E-state index >= 15 is 0 Å². The van der Waals surface area contributed by atoms with Gasteiger partial charge in [0.15, 0.2) is 5.82 Å². The second-order valence-corrected chi connectivity index (χ2v) is 5.25. The molecule has 1 aromatic heterocycles. The lowest BCUT2D eigenvalue weighted by atomic mass is 10.0. The van der Waals surface area contributed by atoms with Gasteiger partial charge in [0, 0.05) is 5.56 Å². The summed E-state index contributed by atoms with van der Waals surface area (Å²) in [4.78, 5) is 0. The van der Waals surface area contributed by atoms with Crippen molar-refractivity contribution in [1.82, 2.24) is 10.2 Å². The van der Waals surface area contributed by atoms with Crippen LogP contribution in [0.1, 0.15) is 18.1 Å². The lowest BCUT2D eigenvalue weighted by Gasteiger charge is -2.12. The van der Waals surface area contributed by atoms with Gasteiger partial charge in [0.1, 0.15) is 5.75 Å². The first-order valence-corrected chi connectivity index (χ1v) is 6.86. The zero-order valence-corrected chi connectivity index (χ0v) is 12.8. The molecule has 0 spiro atoms. The molecule has 0 aliphatic heterocycles. The number of benzene rings is 1. The highest BCUT2D eigenvalue weighted by molar-refractivity contribution is 14.1. The number of halogens is 1. The Morgan fingerprint density at radius 3 is 2.39 bits per heavy atom. The van der Waals surface area contributed by atoms with Crippen LogP contribution < -0.4 is 10.5 Å². The van der Waals surface area contributed by atoms with Gasteiger partial charge in [-0.15, -0.1) is 0 Å². The van der Waals surface area contributed by atoms with Crippen LogP contribution in [0.4, 0.5) is 5.82 Å². The molecule has 0 saturated heterocycles. The van der Waals surface area contributed by atoms with Crippen molar-refractivity contribution in [2.45, 2.75) is 20.8 Å². The maximum Gasteiger partial charge on any atom is 0.159 e. The largest absolute Gasteiger partial charge is 0.493 e. The highest BCUT2D eigenvalue weighted by atomic mass is 127. The zero-order valence-electron chi connectivity index (χ0n) is 10.7. The number of hydrogen-bond acceptors (Lipinski definition) is 3. The van der Waals surface area contributed by atoms with Crippen LogP contribution in [-0.2, 0) is 0 Å². The maximum atomic E-state index is 5.76. The van der Waals surface area contributed by atoms with E-state index in [2.05, 4.69) is 44.9 Å². The van der Waals surface area contributed by atoms with E-state index in [9.17, 15) is 0 Å². The van der Waals surface area contributed by atoms with Crippen molar-refractivity contribution in [2.75, 3.05) is 12.3 Å². The van der Waals surface area contributed by atoms with Crippen LogP contribution in [0.2, 0.25) is 0 Å². The normalized spacial score (nSPS) is 10.7. The number of nitrogens with zero attached hydrogens (tertiary/aromatic N) is 1. The van der Waals surface area contributed by atoms with Gasteiger partial charge in [-0.05, 0) is 66.6 Å². The van der Waals surface area contributed by atoms with Gasteiger partial charge in [0.2, 0.25) is 0 Å². The summed E-state index contributed by atoms with van der Waals surface area (Å²) < 4.78 is 6.60. The minimum absolute atomic E-state index is 0.537. The highest BCUT2D eigenvalue weighted by Crippen LogP contribution is 2.32. The van der Waals surface area contributed by atoms with Gasteiger partial charge < -0.3 is 10.5 Å². The summed E-state index contributed by atoms with van der Waals surface area (Å²) in [5, 5.41) is 7.00. The Hall–Kier alpha value is -1.24. The molecule has 4 nitrogen and oxygen atoms in total. The van der Waals surface area contributed by atoms with E-state index in [4.69, 9.17) is 10.5 Å². The maximum absolute atomic E-state index is 5.76. The number of hydrogen-bond donors (Lipinski definition) is 2. The first-order valence-electron chi connectivity index (χ1n) is 5.78. The van der Waals surface area contributed by atoms with Crippen molar-refractivity contribution < 1.29 is 4.74 Å². The summed E-state index contributed by atoms with van der Waals surface area (Å²) in [5.74, 6) is 1.50. The second-order valence-electron chi connectivity index (χ2n) is 4.17. The van der Waals surface area contributed by atoms with E-state index < -0.39 is 0 Å². The molecule has 2 rings (SSSR count). The van der Waals surface area contributed by atoms with Crippen molar-refractivity contribution in [3.8, 4) is 17.0 Å². The monoisotopic (exact) mass is 357 g/mol. The molecule has 0 aliphatic rings. The average molecular weight is 357 g/mol. The molecule has 18 heavy (non-hydrogen) atoms. The SMILES string of the molecule is CCOc1c(C)cc(-c2[nH]nc(N)c2I)cc1C. The summed E-state index contributed by atoms with van der Waals surface area (Å²) in [6, 6.07) is 4.18. The minimum Gasteiger partial charge on any atom is -0.493 e. The Labute approximate surface area is 120 Å². The van der Waals surface area contributed by atoms with Gasteiger partial charge in [0.25, 0.3) is 0 Å². The number of aromatic amines is 1. The van der Waals surface area contributed by atoms with Gasteiger partial charge in [-0.3, -0.25) is 5.10 Å². The molecule has 0 saturated carbocycles. The molecule has 0 unspecified atom stereocenters. The van der Waals surface area contributed by atoms with Gasteiger partial charge in [-0.25, -0.2) is 0 Å². The van der Waals surface area contributed by atoms with E-state index in [-0.39, 0.29) is 0 Å². The average Bonchev–Trinajstić information content (AvgIpc) is 2.65. The standard InChI is InChI=1S/C13H16IN3O/c1-4-18-12-7(2)5-9(6-8(12)3)11-10(14)13(15)17-16-11/h5-6H,4H2,1-3H3,(H3,15,16,17). The number of anilines is 1. The Bertz CT molecular complexity index is 555. The van der Waals surface area contributed by atoms with Gasteiger partial charge in [0.05, 0.1) is 15.9 Å². The third kappa shape index (κ3) is 2.31. The molecule has 0 bridgehead atoms. The summed E-state index contributed by atoms with van der Waals surface area (Å²) in [6.45, 7) is 6.77. The summed E-state index contributed by atoms with van der Waals surface area (Å²) in [6.07, 6.45) is 0. The molecule has 0 fully saturated rings. The van der Waals surface area contributed by atoms with Crippen LogP contribution in [0, 0.1) is 17.4 Å². The number of H-pyrrole nitrogens is 1. The topological polar surface area (TPSA) is 63.9 Å². The molecular weight excluding hydrogens is 341 g/mol. The fraction of sp³-hybridized carbons (Fsp3) is 0.308. The van der Waals surface area contributed by atoms with Gasteiger partial charge >= 0.3 is 0 Å². The second kappa shape index (κ2) is 5.17. The van der Waals surface area contributed by atoms with Gasteiger partial charge in [-0.1, -0.05) is 0 Å². The molecule has 5 heteroatoms. The fourth-order valence-corrected chi connectivity index (χ4v) is 2.55. The molecule has 1 aromatic carbocycles. The van der Waals surface area contributed by atoms with E-state index in [1.54, 1.807) is 0 Å².